The SMILES string of the molecule is O=C([O-])c1ccc[se]1.[K+]. The third-order valence-corrected chi connectivity index (χ3v) is 2.51. The fourth-order valence-corrected chi connectivity index (χ4v) is 1.56. The Morgan fingerprint density at radius 2 is 2.33 bits per heavy atom. The zero-order valence-corrected chi connectivity index (χ0v) is 9.79. The predicted molar refractivity (Wildman–Crippen MR) is 27.7 cm³/mol. The Morgan fingerprint density at radius 3 is 2.56 bits per heavy atom. The summed E-state index contributed by atoms with van der Waals surface area (Å²) in [7, 11) is 0. The average Bonchev–Trinajstić information content (AvgIpc) is 2.12. The Morgan fingerprint density at radius 1 is 1.67 bits per heavy atom. The van der Waals surface area contributed by atoms with E-state index < -0.39 is 5.97 Å². The van der Waals surface area contributed by atoms with Crippen LogP contribution in [0.5, 0.6) is 0 Å². The van der Waals surface area contributed by atoms with Crippen molar-refractivity contribution in [1.29, 1.82) is 0 Å². The second-order valence-electron chi connectivity index (χ2n) is 1.26. The van der Waals surface area contributed by atoms with E-state index in [1.807, 2.05) is 4.94 Å². The van der Waals surface area contributed by atoms with Gasteiger partial charge in [0.05, 0.1) is 0 Å². The van der Waals surface area contributed by atoms with Gasteiger partial charge in [-0.2, -0.15) is 0 Å². The van der Waals surface area contributed by atoms with E-state index in [9.17, 15) is 9.90 Å². The third kappa shape index (κ3) is 3.14. The smallest absolute Gasteiger partial charge is 1.00 e. The van der Waals surface area contributed by atoms with Crippen molar-refractivity contribution in [3.63, 3.8) is 0 Å². The first kappa shape index (κ1) is 10.1. The zero-order chi connectivity index (χ0) is 5.98. The molecule has 1 aromatic heterocycles. The van der Waals surface area contributed by atoms with Gasteiger partial charge in [0.1, 0.15) is 0 Å². The third-order valence-electron chi connectivity index (χ3n) is 0.722. The van der Waals surface area contributed by atoms with Crippen molar-refractivity contribution < 1.29 is 61.3 Å². The standard InChI is InChI=1S/C5H4O2Se.K/c6-5(7)4-2-1-3-8-4;/h1-3H,(H,6,7);/q;+1/p-1. The van der Waals surface area contributed by atoms with Gasteiger partial charge in [0.2, 0.25) is 0 Å². The fraction of sp³-hybridized carbons (Fsp3) is 0. The molecule has 0 aliphatic carbocycles. The van der Waals surface area contributed by atoms with Crippen molar-refractivity contribution in [2.45, 2.75) is 0 Å². The Labute approximate surface area is 101 Å². The monoisotopic (exact) mass is 214 g/mol. The van der Waals surface area contributed by atoms with Gasteiger partial charge in [0, 0.05) is 0 Å². The summed E-state index contributed by atoms with van der Waals surface area (Å²) in [6, 6.07) is 3.32. The molecule has 0 aliphatic rings. The molecule has 0 aromatic carbocycles. The van der Waals surface area contributed by atoms with Crippen LogP contribution in [0.4, 0.5) is 0 Å². The van der Waals surface area contributed by atoms with Gasteiger partial charge >= 0.3 is 103 Å². The van der Waals surface area contributed by atoms with E-state index in [0.717, 1.165) is 0 Å². The van der Waals surface area contributed by atoms with Crippen molar-refractivity contribution in [1.82, 2.24) is 0 Å². The van der Waals surface area contributed by atoms with E-state index in [1.165, 1.54) is 0 Å². The van der Waals surface area contributed by atoms with Gasteiger partial charge < -0.3 is 0 Å². The van der Waals surface area contributed by atoms with Gasteiger partial charge in [-0.1, -0.05) is 0 Å². The Kier molecular flexibility index (Phi) is 5.45. The van der Waals surface area contributed by atoms with E-state index in [2.05, 4.69) is 0 Å². The Hall–Kier alpha value is 1.11. The van der Waals surface area contributed by atoms with E-state index in [-0.39, 0.29) is 65.9 Å². The summed E-state index contributed by atoms with van der Waals surface area (Å²) in [4.78, 5) is 11.8. The number of carboxylic acid groups (broad SMARTS) is 1. The molecule has 1 aromatic rings. The molecule has 42 valence electrons. The summed E-state index contributed by atoms with van der Waals surface area (Å²) < 4.78 is 0.428. The molecule has 0 N–H and O–H groups in total. The molecule has 0 radical (unpaired) electrons. The van der Waals surface area contributed by atoms with Crippen molar-refractivity contribution in [2.75, 3.05) is 0 Å². The molecule has 4 heteroatoms. The largest absolute Gasteiger partial charge is 1.00 e. The van der Waals surface area contributed by atoms with Crippen molar-refractivity contribution in [3.05, 3.63) is 21.5 Å². The predicted octanol–water partition coefficient (Wildman–Crippen LogP) is -3.89. The average molecular weight is 213 g/mol. The molecule has 0 aliphatic heterocycles. The van der Waals surface area contributed by atoms with Crippen LogP contribution in [-0.2, 0) is 0 Å². The van der Waals surface area contributed by atoms with E-state index in [4.69, 9.17) is 0 Å². The maximum atomic E-state index is 10.00. The topological polar surface area (TPSA) is 40.1 Å². The molecular formula is C5H3KO2Se. The van der Waals surface area contributed by atoms with Crippen molar-refractivity contribution >= 4 is 20.5 Å². The zero-order valence-electron chi connectivity index (χ0n) is 4.96. The first-order valence-electron chi connectivity index (χ1n) is 2.05. The molecule has 1 heterocycles. The summed E-state index contributed by atoms with van der Waals surface area (Å²) in [6.07, 6.45) is 0. The van der Waals surface area contributed by atoms with Crippen molar-refractivity contribution in [3.8, 4) is 0 Å². The summed E-state index contributed by atoms with van der Waals surface area (Å²) in [6.45, 7) is 0. The molecule has 0 bridgehead atoms. The molecule has 0 spiro atoms. The normalized spacial score (nSPS) is 8.00. The van der Waals surface area contributed by atoms with Gasteiger partial charge in [-0.3, -0.25) is 0 Å². The number of carbonyl (C=O) groups is 1. The number of hydrogen-bond acceptors (Lipinski definition) is 2. The fourth-order valence-electron chi connectivity index (χ4n) is 0.395. The summed E-state index contributed by atoms with van der Waals surface area (Å²) in [5.41, 5.74) is 0. The van der Waals surface area contributed by atoms with Crippen LogP contribution in [0.25, 0.3) is 0 Å². The second kappa shape index (κ2) is 4.85. The Balaban J connectivity index is 0.000000640. The van der Waals surface area contributed by atoms with E-state index in [1.54, 1.807) is 12.1 Å². The van der Waals surface area contributed by atoms with Gasteiger partial charge in [0.15, 0.2) is 0 Å². The van der Waals surface area contributed by atoms with Crippen LogP contribution in [-0.4, -0.2) is 20.5 Å². The number of carboxylic acids is 1. The molecule has 0 saturated carbocycles. The van der Waals surface area contributed by atoms with Crippen LogP contribution in [0.15, 0.2) is 17.1 Å². The van der Waals surface area contributed by atoms with Crippen LogP contribution in [0.3, 0.4) is 0 Å². The maximum absolute atomic E-state index is 10.00. The van der Waals surface area contributed by atoms with Gasteiger partial charge in [-0.15, -0.1) is 0 Å². The number of aromatic carboxylic acids is 1. The maximum Gasteiger partial charge on any atom is 1.00 e. The van der Waals surface area contributed by atoms with Crippen LogP contribution < -0.4 is 56.5 Å². The minimum Gasteiger partial charge on any atom is 1.00 e. The Bertz CT molecular complexity index is 183. The number of rotatable bonds is 1. The first-order chi connectivity index (χ1) is 3.80. The van der Waals surface area contributed by atoms with Gasteiger partial charge in [0.25, 0.3) is 0 Å². The molecule has 0 saturated heterocycles. The van der Waals surface area contributed by atoms with Crippen LogP contribution >= 0.6 is 0 Å². The number of hydrogen-bond donors (Lipinski definition) is 0. The molecule has 0 fully saturated rings. The van der Waals surface area contributed by atoms with Crippen LogP contribution in [0.1, 0.15) is 9.23 Å². The van der Waals surface area contributed by atoms with Crippen molar-refractivity contribution in [2.24, 2.45) is 0 Å². The minimum atomic E-state index is -1.03. The summed E-state index contributed by atoms with van der Waals surface area (Å²) in [5, 5.41) is 10.00. The quantitative estimate of drug-likeness (QED) is 0.448. The minimum absolute atomic E-state index is 0. The molecule has 0 unspecified atom stereocenters. The van der Waals surface area contributed by atoms with Crippen LogP contribution in [0, 0.1) is 0 Å². The van der Waals surface area contributed by atoms with Gasteiger partial charge in [-0.05, 0) is 0 Å². The summed E-state index contributed by atoms with van der Waals surface area (Å²) in [5.74, 6) is -1.03. The molecule has 0 amide bonds. The molecule has 0 atom stereocenters. The summed E-state index contributed by atoms with van der Waals surface area (Å²) >= 11 is 0.0266. The van der Waals surface area contributed by atoms with Gasteiger partial charge in [-0.25, -0.2) is 0 Å². The first-order valence-corrected chi connectivity index (χ1v) is 3.90. The van der Waals surface area contributed by atoms with E-state index in [0.29, 0.717) is 4.44 Å². The molecule has 1 rings (SSSR count). The molecule has 9 heavy (non-hydrogen) atoms. The van der Waals surface area contributed by atoms with Crippen LogP contribution in [0.2, 0.25) is 0 Å². The second-order valence-corrected chi connectivity index (χ2v) is 3.25. The molecular weight excluding hydrogens is 210 g/mol. The number of carbonyl (C=O) groups excluding carboxylic acids is 1. The van der Waals surface area contributed by atoms with E-state index >= 15 is 0 Å². The molecule has 2 nitrogen and oxygen atoms in total.